The lowest BCUT2D eigenvalue weighted by molar-refractivity contribution is 0.00578. The predicted molar refractivity (Wildman–Crippen MR) is 80.0 cm³/mol. The molecule has 0 bridgehead atoms. The Morgan fingerprint density at radius 2 is 1.85 bits per heavy atom. The summed E-state index contributed by atoms with van der Waals surface area (Å²) in [5.74, 6) is 1.87. The number of hydrogen-bond donors (Lipinski definition) is 1. The van der Waals surface area contributed by atoms with Gasteiger partial charge >= 0.3 is 7.12 Å². The molecule has 0 aromatic carbocycles. The Bertz CT molecular complexity index is 510. The Kier molecular flexibility index (Phi) is 4.05. The molecule has 0 atom stereocenters. The number of aliphatic hydroxyl groups excluding tert-OH is 1. The van der Waals surface area contributed by atoms with Crippen LogP contribution in [0.1, 0.15) is 44.5 Å². The first-order valence-corrected chi connectivity index (χ1v) is 6.86. The highest BCUT2D eigenvalue weighted by Crippen LogP contribution is 2.37. The Morgan fingerprint density at radius 1 is 1.25 bits per heavy atom. The van der Waals surface area contributed by atoms with Gasteiger partial charge in [-0.15, -0.1) is 0 Å². The van der Waals surface area contributed by atoms with E-state index in [1.165, 1.54) is 0 Å². The number of nitrogens with zero attached hydrogens (tertiary/aromatic N) is 1. The molecule has 0 unspecified atom stereocenters. The summed E-state index contributed by atoms with van der Waals surface area (Å²) in [6, 6.07) is 1.82. The van der Waals surface area contributed by atoms with Gasteiger partial charge in [0.1, 0.15) is 0 Å². The van der Waals surface area contributed by atoms with Crippen LogP contribution in [0.15, 0.2) is 18.2 Å². The van der Waals surface area contributed by atoms with Crippen molar-refractivity contribution < 1.29 is 14.4 Å². The van der Waals surface area contributed by atoms with Gasteiger partial charge in [-0.2, -0.15) is 0 Å². The summed E-state index contributed by atoms with van der Waals surface area (Å²) in [6.45, 7) is 10.0. The Hall–Kier alpha value is -1.17. The quantitative estimate of drug-likeness (QED) is 0.861. The summed E-state index contributed by atoms with van der Waals surface area (Å²) in [5, 5.41) is 9.38. The molecule has 0 radical (unpaired) electrons. The third-order valence-corrected chi connectivity index (χ3v) is 4.14. The van der Waals surface area contributed by atoms with Crippen LogP contribution in [0.4, 0.5) is 0 Å². The molecule has 20 heavy (non-hydrogen) atoms. The highest BCUT2D eigenvalue weighted by molar-refractivity contribution is 6.52. The van der Waals surface area contributed by atoms with Gasteiger partial charge in [0.15, 0.2) is 0 Å². The maximum Gasteiger partial charge on any atom is 0.487 e. The van der Waals surface area contributed by atoms with Gasteiger partial charge in [-0.3, -0.25) is 4.98 Å². The Labute approximate surface area is 121 Å². The molecule has 0 spiro atoms. The van der Waals surface area contributed by atoms with Gasteiger partial charge in [0.25, 0.3) is 0 Å². The number of aryl methyl sites for hydroxylation is 1. The van der Waals surface area contributed by atoms with E-state index in [9.17, 15) is 5.11 Å². The third kappa shape index (κ3) is 2.80. The number of pyridine rings is 1. The van der Waals surface area contributed by atoms with E-state index in [2.05, 4.69) is 4.98 Å². The average molecular weight is 275 g/mol. The molecule has 1 aromatic rings. The van der Waals surface area contributed by atoms with E-state index in [1.54, 1.807) is 6.20 Å². The second-order valence-corrected chi connectivity index (χ2v) is 6.11. The first kappa shape index (κ1) is 15.2. The normalized spacial score (nSPS) is 20.8. The minimum absolute atomic E-state index is 0.00754. The van der Waals surface area contributed by atoms with Crippen molar-refractivity contribution in [3.63, 3.8) is 0 Å². The smallest absolute Gasteiger partial charge is 0.400 e. The van der Waals surface area contributed by atoms with Crippen LogP contribution in [0.2, 0.25) is 0 Å². The number of rotatable bonds is 3. The Balaban J connectivity index is 2.20. The van der Waals surface area contributed by atoms with Crippen molar-refractivity contribution in [2.75, 3.05) is 0 Å². The number of aromatic nitrogens is 1. The van der Waals surface area contributed by atoms with Gasteiger partial charge in [0.2, 0.25) is 0 Å². The second kappa shape index (κ2) is 5.32. The van der Waals surface area contributed by atoms with Crippen LogP contribution in [0.25, 0.3) is 6.08 Å². The van der Waals surface area contributed by atoms with Gasteiger partial charge in [-0.1, -0.05) is 12.1 Å². The molecule has 1 fully saturated rings. The van der Waals surface area contributed by atoms with E-state index >= 15 is 0 Å². The standard InChI is InChI=1S/C15H22BNO3/c1-11-13(12(10-18)7-9-17-11)6-8-16-19-14(2,3)15(4,5)20-16/h6-9,18H,10H2,1-5H3/b8-6+. The van der Waals surface area contributed by atoms with Crippen LogP contribution in [-0.2, 0) is 15.9 Å². The molecule has 1 saturated heterocycles. The van der Waals surface area contributed by atoms with E-state index in [-0.39, 0.29) is 24.9 Å². The second-order valence-electron chi connectivity index (χ2n) is 6.11. The van der Waals surface area contributed by atoms with E-state index in [1.807, 2.05) is 52.7 Å². The SMILES string of the molecule is Cc1nccc(CO)c1/C=C/B1OC(C)(C)C(C)(C)O1. The lowest BCUT2D eigenvalue weighted by Gasteiger charge is -2.32. The topological polar surface area (TPSA) is 51.6 Å². The van der Waals surface area contributed by atoms with Crippen LogP contribution in [0, 0.1) is 6.92 Å². The van der Waals surface area contributed by atoms with E-state index in [4.69, 9.17) is 9.31 Å². The van der Waals surface area contributed by atoms with Crippen LogP contribution >= 0.6 is 0 Å². The number of aliphatic hydroxyl groups is 1. The molecule has 108 valence electrons. The minimum atomic E-state index is -0.383. The van der Waals surface area contributed by atoms with Gasteiger partial charge in [0.05, 0.1) is 17.8 Å². The monoisotopic (exact) mass is 275 g/mol. The highest BCUT2D eigenvalue weighted by Gasteiger charge is 2.50. The molecule has 2 rings (SSSR count). The van der Waals surface area contributed by atoms with Crippen molar-refractivity contribution in [2.45, 2.75) is 52.4 Å². The van der Waals surface area contributed by atoms with E-state index in [0.29, 0.717) is 0 Å². The molecular weight excluding hydrogens is 253 g/mol. The largest absolute Gasteiger partial charge is 0.487 e. The van der Waals surface area contributed by atoms with Gasteiger partial charge in [0, 0.05) is 17.5 Å². The molecule has 0 aliphatic carbocycles. The Morgan fingerprint density at radius 3 is 2.40 bits per heavy atom. The van der Waals surface area contributed by atoms with E-state index in [0.717, 1.165) is 16.8 Å². The summed E-state index contributed by atoms with van der Waals surface area (Å²) >= 11 is 0. The maximum atomic E-state index is 9.38. The van der Waals surface area contributed by atoms with Gasteiger partial charge in [-0.25, -0.2) is 0 Å². The molecule has 0 saturated carbocycles. The summed E-state index contributed by atoms with van der Waals surface area (Å²) in [5.41, 5.74) is 1.97. The zero-order chi connectivity index (χ0) is 15.0. The fourth-order valence-electron chi connectivity index (χ4n) is 2.14. The summed E-state index contributed by atoms with van der Waals surface area (Å²) in [7, 11) is -0.383. The molecular formula is C15H22BNO3. The van der Waals surface area contributed by atoms with Crippen molar-refractivity contribution in [1.82, 2.24) is 4.98 Å². The van der Waals surface area contributed by atoms with Crippen molar-refractivity contribution in [1.29, 1.82) is 0 Å². The molecule has 0 amide bonds. The van der Waals surface area contributed by atoms with Crippen molar-refractivity contribution in [3.05, 3.63) is 35.1 Å². The lowest BCUT2D eigenvalue weighted by atomic mass is 9.88. The molecule has 4 nitrogen and oxygen atoms in total. The zero-order valence-corrected chi connectivity index (χ0v) is 12.8. The summed E-state index contributed by atoms with van der Waals surface area (Å²) in [6.07, 6.45) is 3.61. The van der Waals surface area contributed by atoms with Crippen molar-refractivity contribution >= 4 is 13.2 Å². The lowest BCUT2D eigenvalue weighted by Crippen LogP contribution is -2.41. The molecule has 2 heterocycles. The van der Waals surface area contributed by atoms with Gasteiger partial charge in [-0.05, 0) is 46.2 Å². The molecule has 1 aliphatic heterocycles. The van der Waals surface area contributed by atoms with E-state index < -0.39 is 0 Å². The van der Waals surface area contributed by atoms with Crippen molar-refractivity contribution in [3.8, 4) is 0 Å². The fourth-order valence-corrected chi connectivity index (χ4v) is 2.14. The van der Waals surface area contributed by atoms with Crippen LogP contribution in [-0.4, -0.2) is 28.4 Å². The first-order valence-electron chi connectivity index (χ1n) is 6.86. The highest BCUT2D eigenvalue weighted by atomic mass is 16.7. The molecule has 1 aliphatic rings. The first-order chi connectivity index (χ1) is 9.27. The fraction of sp³-hybridized carbons (Fsp3) is 0.533. The third-order valence-electron chi connectivity index (χ3n) is 4.14. The minimum Gasteiger partial charge on any atom is -0.400 e. The molecule has 5 heteroatoms. The summed E-state index contributed by atoms with van der Waals surface area (Å²) in [4.78, 5) is 4.25. The van der Waals surface area contributed by atoms with Crippen LogP contribution in [0.5, 0.6) is 0 Å². The maximum absolute atomic E-state index is 9.38. The predicted octanol–water partition coefficient (Wildman–Crippen LogP) is 2.53. The van der Waals surface area contributed by atoms with Crippen molar-refractivity contribution in [2.24, 2.45) is 0 Å². The summed E-state index contributed by atoms with van der Waals surface area (Å²) < 4.78 is 11.8. The van der Waals surface area contributed by atoms with Crippen LogP contribution in [0.3, 0.4) is 0 Å². The average Bonchev–Trinajstić information content (AvgIpc) is 2.56. The zero-order valence-electron chi connectivity index (χ0n) is 12.8. The molecule has 1 N–H and O–H groups in total. The van der Waals surface area contributed by atoms with Crippen LogP contribution < -0.4 is 0 Å². The number of hydrogen-bond acceptors (Lipinski definition) is 4. The van der Waals surface area contributed by atoms with Gasteiger partial charge < -0.3 is 14.4 Å². The molecule has 1 aromatic heterocycles.